The Balaban J connectivity index is 1.87. The van der Waals surface area contributed by atoms with Crippen molar-refractivity contribution in [2.24, 2.45) is 0 Å². The molecule has 0 saturated carbocycles. The fourth-order valence-electron chi connectivity index (χ4n) is 2.03. The van der Waals surface area contributed by atoms with Gasteiger partial charge in [0.1, 0.15) is 0 Å². The Morgan fingerprint density at radius 1 is 1.15 bits per heavy atom. The minimum Gasteiger partial charge on any atom is -0.284 e. The van der Waals surface area contributed by atoms with Crippen molar-refractivity contribution in [2.45, 2.75) is 0 Å². The van der Waals surface area contributed by atoms with Crippen molar-refractivity contribution in [1.82, 2.24) is 9.66 Å². The predicted octanol–water partition coefficient (Wildman–Crippen LogP) is 4.01. The van der Waals surface area contributed by atoms with Gasteiger partial charge in [0.05, 0.1) is 11.4 Å². The van der Waals surface area contributed by atoms with Crippen molar-refractivity contribution >= 4 is 29.2 Å². The second-order valence-electron chi connectivity index (χ2n) is 4.40. The lowest BCUT2D eigenvalue weighted by molar-refractivity contribution is 0.772. The second-order valence-corrected chi connectivity index (χ2v) is 5.18. The number of nitrogens with zero attached hydrogens (tertiary/aromatic N) is 3. The number of anilines is 1. The monoisotopic (exact) mass is 281 g/mol. The zero-order valence-corrected chi connectivity index (χ0v) is 12.0. The number of thiophene rings is 1. The van der Waals surface area contributed by atoms with Gasteiger partial charge in [0, 0.05) is 25.6 Å². The first-order chi connectivity index (χ1) is 9.84. The van der Waals surface area contributed by atoms with E-state index in [1.54, 1.807) is 23.7 Å². The van der Waals surface area contributed by atoms with Gasteiger partial charge in [-0.2, -0.15) is 11.3 Å². The lowest BCUT2D eigenvalue weighted by atomic mass is 10.3. The molecule has 20 heavy (non-hydrogen) atoms. The summed E-state index contributed by atoms with van der Waals surface area (Å²) < 4.78 is 2.11. The maximum absolute atomic E-state index is 4.05. The molecular weight excluding hydrogens is 266 g/mol. The van der Waals surface area contributed by atoms with Crippen LogP contribution in [0.15, 0.2) is 59.7 Å². The molecule has 4 heteroatoms. The molecule has 0 fully saturated rings. The zero-order chi connectivity index (χ0) is 13.8. The van der Waals surface area contributed by atoms with Crippen LogP contribution in [0.5, 0.6) is 0 Å². The van der Waals surface area contributed by atoms with Crippen LogP contribution < -0.4 is 5.01 Å². The van der Waals surface area contributed by atoms with E-state index in [9.17, 15) is 0 Å². The van der Waals surface area contributed by atoms with Crippen molar-refractivity contribution < 1.29 is 0 Å². The molecule has 0 N–H and O–H groups in total. The third-order valence-corrected chi connectivity index (χ3v) is 3.81. The van der Waals surface area contributed by atoms with Gasteiger partial charge >= 0.3 is 0 Å². The SMILES string of the molecule is CN(c1ccncc1)n1cccc1/C=C/c1ccsc1. The molecule has 0 unspecified atom stereocenters. The lowest BCUT2D eigenvalue weighted by Gasteiger charge is -2.22. The summed E-state index contributed by atoms with van der Waals surface area (Å²) in [5.41, 5.74) is 3.46. The Hall–Kier alpha value is -2.33. The Morgan fingerprint density at radius 3 is 2.75 bits per heavy atom. The molecule has 0 aromatic carbocycles. The molecular formula is C16H15N3S. The minimum absolute atomic E-state index is 1.10. The fraction of sp³-hybridized carbons (Fsp3) is 0.0625. The van der Waals surface area contributed by atoms with Gasteiger partial charge in [0.2, 0.25) is 0 Å². The normalized spacial score (nSPS) is 11.1. The summed E-state index contributed by atoms with van der Waals surface area (Å²) in [6.07, 6.45) is 9.91. The van der Waals surface area contributed by atoms with Crippen LogP contribution >= 0.6 is 11.3 Å². The summed E-state index contributed by atoms with van der Waals surface area (Å²) in [6.45, 7) is 0. The number of pyridine rings is 1. The average Bonchev–Trinajstić information content (AvgIpc) is 3.16. The first-order valence-electron chi connectivity index (χ1n) is 6.36. The van der Waals surface area contributed by atoms with E-state index in [1.165, 1.54) is 5.56 Å². The van der Waals surface area contributed by atoms with Crippen molar-refractivity contribution in [2.75, 3.05) is 12.1 Å². The number of rotatable bonds is 4. The van der Waals surface area contributed by atoms with Gasteiger partial charge in [0.25, 0.3) is 0 Å². The van der Waals surface area contributed by atoms with E-state index in [4.69, 9.17) is 0 Å². The van der Waals surface area contributed by atoms with E-state index < -0.39 is 0 Å². The van der Waals surface area contributed by atoms with E-state index >= 15 is 0 Å². The molecule has 0 amide bonds. The van der Waals surface area contributed by atoms with Crippen molar-refractivity contribution in [3.8, 4) is 0 Å². The molecule has 0 aliphatic heterocycles. The van der Waals surface area contributed by atoms with Crippen molar-refractivity contribution in [3.63, 3.8) is 0 Å². The van der Waals surface area contributed by atoms with E-state index in [0.29, 0.717) is 0 Å². The van der Waals surface area contributed by atoms with Crippen LogP contribution in [-0.4, -0.2) is 16.7 Å². The molecule has 0 aliphatic rings. The summed E-state index contributed by atoms with van der Waals surface area (Å²) >= 11 is 1.71. The molecule has 3 rings (SSSR count). The van der Waals surface area contributed by atoms with E-state index in [2.05, 4.69) is 49.7 Å². The maximum Gasteiger partial charge on any atom is 0.0626 e. The predicted molar refractivity (Wildman–Crippen MR) is 85.7 cm³/mol. The zero-order valence-electron chi connectivity index (χ0n) is 11.2. The largest absolute Gasteiger partial charge is 0.284 e. The van der Waals surface area contributed by atoms with Gasteiger partial charge < -0.3 is 0 Å². The summed E-state index contributed by atoms with van der Waals surface area (Å²) in [7, 11) is 2.04. The van der Waals surface area contributed by atoms with Gasteiger partial charge in [-0.05, 0) is 52.7 Å². The first kappa shape index (κ1) is 12.7. The summed E-state index contributed by atoms with van der Waals surface area (Å²) in [5.74, 6) is 0. The molecule has 0 saturated heterocycles. The van der Waals surface area contributed by atoms with Crippen LogP contribution in [0.4, 0.5) is 5.69 Å². The van der Waals surface area contributed by atoms with Gasteiger partial charge in [-0.1, -0.05) is 6.08 Å². The fourth-order valence-corrected chi connectivity index (χ4v) is 2.65. The van der Waals surface area contributed by atoms with Gasteiger partial charge in [-0.15, -0.1) is 0 Å². The smallest absolute Gasteiger partial charge is 0.0626 e. The highest BCUT2D eigenvalue weighted by molar-refractivity contribution is 7.08. The quantitative estimate of drug-likeness (QED) is 0.720. The Morgan fingerprint density at radius 2 is 2.00 bits per heavy atom. The van der Waals surface area contributed by atoms with Crippen LogP contribution in [0.2, 0.25) is 0 Å². The third kappa shape index (κ3) is 2.65. The third-order valence-electron chi connectivity index (χ3n) is 3.11. The Kier molecular flexibility index (Phi) is 3.65. The number of hydrogen-bond donors (Lipinski definition) is 0. The molecule has 100 valence electrons. The topological polar surface area (TPSA) is 21.1 Å². The maximum atomic E-state index is 4.05. The molecule has 0 atom stereocenters. The van der Waals surface area contributed by atoms with E-state index in [0.717, 1.165) is 11.4 Å². The van der Waals surface area contributed by atoms with Crippen molar-refractivity contribution in [3.05, 3.63) is 70.9 Å². The second kappa shape index (κ2) is 5.75. The molecule has 3 heterocycles. The van der Waals surface area contributed by atoms with Crippen LogP contribution in [0.25, 0.3) is 12.2 Å². The molecule has 3 aromatic rings. The van der Waals surface area contributed by atoms with Crippen LogP contribution in [0.3, 0.4) is 0 Å². The van der Waals surface area contributed by atoms with Crippen LogP contribution in [-0.2, 0) is 0 Å². The Labute approximate surface area is 122 Å². The minimum atomic E-state index is 1.10. The van der Waals surface area contributed by atoms with Crippen molar-refractivity contribution in [1.29, 1.82) is 0 Å². The standard InChI is InChI=1S/C16H15N3S/c1-18(15-6-9-17-10-7-15)19-11-2-3-16(19)5-4-14-8-12-20-13-14/h2-13H,1H3/b5-4+. The highest BCUT2D eigenvalue weighted by Gasteiger charge is 2.04. The highest BCUT2D eigenvalue weighted by atomic mass is 32.1. The molecule has 0 radical (unpaired) electrons. The Bertz CT molecular complexity index is 684. The summed E-state index contributed by atoms with van der Waals surface area (Å²) in [6, 6.07) is 10.2. The van der Waals surface area contributed by atoms with Crippen LogP contribution in [0, 0.1) is 0 Å². The molecule has 0 spiro atoms. The summed E-state index contributed by atoms with van der Waals surface area (Å²) in [4.78, 5) is 4.05. The van der Waals surface area contributed by atoms with Crippen LogP contribution in [0.1, 0.15) is 11.3 Å². The summed E-state index contributed by atoms with van der Waals surface area (Å²) in [5, 5.41) is 6.31. The number of hydrogen-bond acceptors (Lipinski definition) is 3. The van der Waals surface area contributed by atoms with E-state index in [-0.39, 0.29) is 0 Å². The molecule has 3 aromatic heterocycles. The molecule has 0 bridgehead atoms. The molecule has 0 aliphatic carbocycles. The van der Waals surface area contributed by atoms with Gasteiger partial charge in [-0.25, -0.2) is 0 Å². The van der Waals surface area contributed by atoms with Gasteiger partial charge in [0.15, 0.2) is 0 Å². The average molecular weight is 281 g/mol. The van der Waals surface area contributed by atoms with Gasteiger partial charge in [-0.3, -0.25) is 14.7 Å². The highest BCUT2D eigenvalue weighted by Crippen LogP contribution is 2.16. The van der Waals surface area contributed by atoms with E-state index in [1.807, 2.05) is 31.4 Å². The first-order valence-corrected chi connectivity index (χ1v) is 7.30. The molecule has 3 nitrogen and oxygen atoms in total. The lowest BCUT2D eigenvalue weighted by Crippen LogP contribution is -2.24. The number of aromatic nitrogens is 2.